The second kappa shape index (κ2) is 65.7. The molecular formula is C75H146O17P2. The summed E-state index contributed by atoms with van der Waals surface area (Å²) in [7, 11) is -9.91. The number of ether oxygens (including phenoxy) is 4. The van der Waals surface area contributed by atoms with Crippen molar-refractivity contribution >= 4 is 39.5 Å². The monoisotopic (exact) mass is 1380 g/mol. The van der Waals surface area contributed by atoms with Crippen molar-refractivity contribution in [3.8, 4) is 0 Å². The average Bonchev–Trinajstić information content (AvgIpc) is 1.50. The molecule has 0 rings (SSSR count). The zero-order valence-electron chi connectivity index (χ0n) is 61.4. The Balaban J connectivity index is 5.17. The van der Waals surface area contributed by atoms with E-state index in [1.807, 2.05) is 0 Å². The molecular weight excluding hydrogens is 1230 g/mol. The van der Waals surface area contributed by atoms with E-state index in [0.29, 0.717) is 37.5 Å². The molecule has 558 valence electrons. The SMILES string of the molecule is CCCCCCCCCCCCCCCCCCCCCCCCC(=O)O[C@H](COC(=O)CCCCCCCCCCC(C)CC)COP(=O)(O)OC[C@@H](O)COP(=O)(O)OC[C@@H](COC(=O)CCCCCCCCCC(C)C)OC(=O)CCCCCCCCCC(C)C. The van der Waals surface area contributed by atoms with E-state index in [4.69, 9.17) is 37.0 Å². The lowest BCUT2D eigenvalue weighted by molar-refractivity contribution is -0.161. The first-order chi connectivity index (χ1) is 45.3. The lowest BCUT2D eigenvalue weighted by Crippen LogP contribution is -2.30. The third-order valence-electron chi connectivity index (χ3n) is 17.7. The van der Waals surface area contributed by atoms with Crippen molar-refractivity contribution in [2.75, 3.05) is 39.6 Å². The van der Waals surface area contributed by atoms with E-state index in [0.717, 1.165) is 102 Å². The Hall–Kier alpha value is -1.94. The van der Waals surface area contributed by atoms with Crippen LogP contribution in [0.2, 0.25) is 0 Å². The number of esters is 4. The van der Waals surface area contributed by atoms with E-state index in [1.54, 1.807) is 0 Å². The zero-order valence-corrected chi connectivity index (χ0v) is 63.2. The van der Waals surface area contributed by atoms with E-state index in [1.165, 1.54) is 186 Å². The lowest BCUT2D eigenvalue weighted by Gasteiger charge is -2.21. The van der Waals surface area contributed by atoms with E-state index in [2.05, 4.69) is 48.5 Å². The van der Waals surface area contributed by atoms with Crippen LogP contribution < -0.4 is 0 Å². The topological polar surface area (TPSA) is 237 Å². The van der Waals surface area contributed by atoms with Gasteiger partial charge in [-0.2, -0.15) is 0 Å². The largest absolute Gasteiger partial charge is 0.472 e. The molecule has 0 aromatic carbocycles. The highest BCUT2D eigenvalue weighted by Crippen LogP contribution is 2.45. The van der Waals surface area contributed by atoms with Crippen LogP contribution in [0.3, 0.4) is 0 Å². The molecule has 0 radical (unpaired) electrons. The minimum absolute atomic E-state index is 0.102. The van der Waals surface area contributed by atoms with Crippen LogP contribution in [0.1, 0.15) is 382 Å². The highest BCUT2D eigenvalue weighted by Gasteiger charge is 2.30. The number of aliphatic hydroxyl groups excluding tert-OH is 1. The van der Waals surface area contributed by atoms with Gasteiger partial charge in [-0.15, -0.1) is 0 Å². The van der Waals surface area contributed by atoms with Crippen LogP contribution in [0.25, 0.3) is 0 Å². The second-order valence-electron chi connectivity index (χ2n) is 28.2. The van der Waals surface area contributed by atoms with Gasteiger partial charge >= 0.3 is 39.5 Å². The second-order valence-corrected chi connectivity index (χ2v) is 31.1. The van der Waals surface area contributed by atoms with Crippen LogP contribution >= 0.6 is 15.6 Å². The van der Waals surface area contributed by atoms with E-state index in [9.17, 15) is 43.2 Å². The van der Waals surface area contributed by atoms with Crippen LogP contribution in [-0.4, -0.2) is 96.7 Å². The molecule has 0 aromatic rings. The fourth-order valence-electron chi connectivity index (χ4n) is 11.4. The van der Waals surface area contributed by atoms with Gasteiger partial charge in [0.2, 0.25) is 0 Å². The van der Waals surface area contributed by atoms with Crippen molar-refractivity contribution in [2.24, 2.45) is 17.8 Å². The maximum absolute atomic E-state index is 13.1. The number of phosphoric ester groups is 2. The summed E-state index contributed by atoms with van der Waals surface area (Å²) in [6.07, 6.45) is 51.7. The van der Waals surface area contributed by atoms with Gasteiger partial charge < -0.3 is 33.8 Å². The summed E-state index contributed by atoms with van der Waals surface area (Å²) in [5.41, 5.74) is 0. The van der Waals surface area contributed by atoms with E-state index >= 15 is 0 Å². The molecule has 0 fully saturated rings. The number of hydrogen-bond acceptors (Lipinski definition) is 15. The Morgan fingerprint density at radius 3 is 0.809 bits per heavy atom. The number of unbranched alkanes of at least 4 members (excludes halogenated alkanes) is 40. The number of carbonyl (C=O) groups excluding carboxylic acids is 4. The first kappa shape index (κ1) is 92.1. The van der Waals surface area contributed by atoms with Crippen molar-refractivity contribution in [3.05, 3.63) is 0 Å². The van der Waals surface area contributed by atoms with Crippen LogP contribution in [-0.2, 0) is 65.4 Å². The smallest absolute Gasteiger partial charge is 0.462 e. The van der Waals surface area contributed by atoms with Gasteiger partial charge in [-0.25, -0.2) is 9.13 Å². The quantitative estimate of drug-likeness (QED) is 0.0222. The molecule has 19 heteroatoms. The molecule has 94 heavy (non-hydrogen) atoms. The van der Waals surface area contributed by atoms with Crippen LogP contribution in [0, 0.1) is 17.8 Å². The third-order valence-corrected chi connectivity index (χ3v) is 19.6. The van der Waals surface area contributed by atoms with Gasteiger partial charge in [0.25, 0.3) is 0 Å². The van der Waals surface area contributed by atoms with E-state index < -0.39 is 97.5 Å². The molecule has 3 unspecified atom stereocenters. The van der Waals surface area contributed by atoms with Gasteiger partial charge in [0, 0.05) is 25.7 Å². The zero-order chi connectivity index (χ0) is 69.4. The molecule has 0 aromatic heterocycles. The summed E-state index contributed by atoms with van der Waals surface area (Å²) in [6.45, 7) is 11.8. The Kier molecular flexibility index (Phi) is 64.3. The molecule has 0 heterocycles. The maximum atomic E-state index is 13.1. The van der Waals surface area contributed by atoms with Gasteiger partial charge in [0.15, 0.2) is 12.2 Å². The summed E-state index contributed by atoms with van der Waals surface area (Å²) < 4.78 is 68.4. The molecule has 0 aliphatic rings. The van der Waals surface area contributed by atoms with Crippen molar-refractivity contribution in [3.63, 3.8) is 0 Å². The van der Waals surface area contributed by atoms with Gasteiger partial charge in [-0.05, 0) is 43.4 Å². The summed E-state index contributed by atoms with van der Waals surface area (Å²) in [5, 5.41) is 10.6. The van der Waals surface area contributed by atoms with Crippen LogP contribution in [0.4, 0.5) is 0 Å². The minimum Gasteiger partial charge on any atom is -0.462 e. The number of carbonyl (C=O) groups is 4. The standard InChI is InChI=1S/C75H146O17P2/c1-8-10-11-12-13-14-15-16-17-18-19-20-21-22-23-24-25-26-27-36-44-51-58-74(79)91-70(62-85-72(77)56-49-42-35-29-28-34-41-48-55-68(7)9-2)64-89-93(81,82)87-60-69(76)61-88-94(83,84)90-65-71(92-75(80)59-52-45-38-31-33-40-47-54-67(5)6)63-86-73(78)57-50-43-37-30-32-39-46-53-66(3)4/h66-71,76H,8-65H2,1-7H3,(H,81,82)(H,83,84)/t68?,69-,70-,71-/m1/s1. The normalized spacial score (nSPS) is 14.4. The third kappa shape index (κ3) is 67.3. The lowest BCUT2D eigenvalue weighted by atomic mass is 9.99. The molecule has 17 nitrogen and oxygen atoms in total. The van der Waals surface area contributed by atoms with Crippen molar-refractivity contribution in [1.82, 2.24) is 0 Å². The van der Waals surface area contributed by atoms with Gasteiger partial charge in [0.1, 0.15) is 19.3 Å². The summed E-state index contributed by atoms with van der Waals surface area (Å²) >= 11 is 0. The highest BCUT2D eigenvalue weighted by atomic mass is 31.2. The van der Waals surface area contributed by atoms with Crippen molar-refractivity contribution < 1.29 is 80.2 Å². The fraction of sp³-hybridized carbons (Fsp3) is 0.947. The Labute approximate surface area is 575 Å². The molecule has 0 spiro atoms. The van der Waals surface area contributed by atoms with Gasteiger partial charge in [-0.3, -0.25) is 37.3 Å². The van der Waals surface area contributed by atoms with Crippen molar-refractivity contribution in [1.29, 1.82) is 0 Å². The van der Waals surface area contributed by atoms with Crippen LogP contribution in [0.5, 0.6) is 0 Å². The molecule has 6 atom stereocenters. The summed E-state index contributed by atoms with van der Waals surface area (Å²) in [5.74, 6) is 0.0522. The maximum Gasteiger partial charge on any atom is 0.472 e. The number of rotatable bonds is 73. The molecule has 0 saturated carbocycles. The first-order valence-corrected chi connectivity index (χ1v) is 41.9. The summed E-state index contributed by atoms with van der Waals surface area (Å²) in [4.78, 5) is 72.6. The van der Waals surface area contributed by atoms with Gasteiger partial charge in [0.05, 0.1) is 26.4 Å². The Bertz CT molecular complexity index is 1840. The average molecular weight is 1380 g/mol. The molecule has 0 bridgehead atoms. The number of hydrogen-bond donors (Lipinski definition) is 3. The number of phosphoric acid groups is 2. The summed E-state index contributed by atoms with van der Waals surface area (Å²) in [6, 6.07) is 0. The fourth-order valence-corrected chi connectivity index (χ4v) is 13.0. The van der Waals surface area contributed by atoms with Gasteiger partial charge in [-0.1, -0.05) is 331 Å². The number of aliphatic hydroxyl groups is 1. The molecule has 0 aliphatic heterocycles. The molecule has 0 amide bonds. The first-order valence-electron chi connectivity index (χ1n) is 38.9. The predicted molar refractivity (Wildman–Crippen MR) is 381 cm³/mol. The highest BCUT2D eigenvalue weighted by molar-refractivity contribution is 7.47. The van der Waals surface area contributed by atoms with E-state index in [-0.39, 0.29) is 25.7 Å². The predicted octanol–water partition coefficient (Wildman–Crippen LogP) is 21.8. The molecule has 0 aliphatic carbocycles. The molecule has 0 saturated heterocycles. The Morgan fingerprint density at radius 1 is 0.309 bits per heavy atom. The van der Waals surface area contributed by atoms with Crippen molar-refractivity contribution in [2.45, 2.75) is 401 Å². The van der Waals surface area contributed by atoms with Crippen LogP contribution in [0.15, 0.2) is 0 Å². The molecule has 3 N–H and O–H groups in total. The Morgan fingerprint density at radius 2 is 0.543 bits per heavy atom. The minimum atomic E-state index is -4.96.